The highest BCUT2D eigenvalue weighted by atomic mass is 35.5. The van der Waals surface area contributed by atoms with Gasteiger partial charge in [0.15, 0.2) is 0 Å². The van der Waals surface area contributed by atoms with Gasteiger partial charge >= 0.3 is 0 Å². The van der Waals surface area contributed by atoms with Gasteiger partial charge in [0.05, 0.1) is 17.5 Å². The number of benzene rings is 2. The lowest BCUT2D eigenvalue weighted by Crippen LogP contribution is -2.39. The van der Waals surface area contributed by atoms with Gasteiger partial charge in [0.25, 0.3) is 0 Å². The number of amides is 1. The molecule has 0 bridgehead atoms. The van der Waals surface area contributed by atoms with Gasteiger partial charge in [-0.3, -0.25) is 9.78 Å². The Balaban J connectivity index is 1.51. The Hall–Kier alpha value is -3.41. The van der Waals surface area contributed by atoms with E-state index < -0.39 is 10.0 Å². The number of aryl methyl sites for hydroxylation is 1. The number of anilines is 1. The molecule has 0 fully saturated rings. The SMILES string of the molecule is COc1ccc(S(=O)(=O)N(CCNc2cc(C)nc3ccc(Cl)cc23)CCC(=O)NC2=NNCC2)cc1. The average Bonchev–Trinajstić information content (AvgIpc) is 3.39. The lowest BCUT2D eigenvalue weighted by molar-refractivity contribution is -0.119. The zero-order chi connectivity index (χ0) is 26.4. The van der Waals surface area contributed by atoms with Crippen molar-refractivity contribution in [1.29, 1.82) is 0 Å². The zero-order valence-electron chi connectivity index (χ0n) is 20.6. The Morgan fingerprint density at radius 2 is 1.95 bits per heavy atom. The number of hydrogen-bond donors (Lipinski definition) is 3. The van der Waals surface area contributed by atoms with Crippen LogP contribution in [0.2, 0.25) is 5.02 Å². The highest BCUT2D eigenvalue weighted by molar-refractivity contribution is 7.89. The number of carbonyl (C=O) groups excluding carboxylic acids is 1. The smallest absolute Gasteiger partial charge is 0.243 e. The molecule has 0 unspecified atom stereocenters. The first-order valence-corrected chi connectivity index (χ1v) is 13.6. The van der Waals surface area contributed by atoms with E-state index in [1.165, 1.54) is 23.5 Å². The molecule has 1 aliphatic heterocycles. The standard InChI is InChI=1S/C25H29ClN6O4S/c1-17-15-23(21-16-18(26)3-8-22(21)29-17)27-12-14-32(13-10-25(33)30-24-9-11-28-31-24)37(34,35)20-6-4-19(36-2)5-7-20/h3-8,15-16,28H,9-14H2,1-2H3,(H,27,29)(H,30,31,33). The number of sulfonamides is 1. The number of hydrazone groups is 1. The molecule has 3 N–H and O–H groups in total. The second-order valence-corrected chi connectivity index (χ2v) is 10.9. The fourth-order valence-electron chi connectivity index (χ4n) is 3.96. The van der Waals surface area contributed by atoms with Gasteiger partial charge in [0, 0.05) is 60.8 Å². The highest BCUT2D eigenvalue weighted by Gasteiger charge is 2.25. The second kappa shape index (κ2) is 11.8. The zero-order valence-corrected chi connectivity index (χ0v) is 22.2. The van der Waals surface area contributed by atoms with Crippen LogP contribution in [0.15, 0.2) is 58.5 Å². The Morgan fingerprint density at radius 1 is 1.16 bits per heavy atom. The maximum Gasteiger partial charge on any atom is 0.243 e. The number of methoxy groups -OCH3 is 1. The van der Waals surface area contributed by atoms with Crippen molar-refractivity contribution < 1.29 is 17.9 Å². The number of carbonyl (C=O) groups is 1. The maximum absolute atomic E-state index is 13.5. The first-order chi connectivity index (χ1) is 17.8. The van der Waals surface area contributed by atoms with Gasteiger partial charge in [0.2, 0.25) is 15.9 Å². The molecule has 2 heterocycles. The predicted molar refractivity (Wildman–Crippen MR) is 145 cm³/mol. The van der Waals surface area contributed by atoms with Crippen LogP contribution in [-0.2, 0) is 14.8 Å². The molecule has 10 nitrogen and oxygen atoms in total. The van der Waals surface area contributed by atoms with E-state index in [-0.39, 0.29) is 30.3 Å². The van der Waals surface area contributed by atoms with Gasteiger partial charge in [-0.15, -0.1) is 0 Å². The first kappa shape index (κ1) is 26.6. The van der Waals surface area contributed by atoms with Gasteiger partial charge in [-0.25, -0.2) is 8.42 Å². The molecule has 0 atom stereocenters. The summed E-state index contributed by atoms with van der Waals surface area (Å²) in [5, 5.41) is 11.5. The molecular formula is C25H29ClN6O4S. The summed E-state index contributed by atoms with van der Waals surface area (Å²) >= 11 is 6.19. The largest absolute Gasteiger partial charge is 0.497 e. The fourth-order valence-corrected chi connectivity index (χ4v) is 5.58. The molecule has 4 rings (SSSR count). The molecule has 37 heavy (non-hydrogen) atoms. The number of nitrogens with zero attached hydrogens (tertiary/aromatic N) is 3. The van der Waals surface area contributed by atoms with Crippen LogP contribution < -0.4 is 20.8 Å². The summed E-state index contributed by atoms with van der Waals surface area (Å²) in [4.78, 5) is 17.1. The molecule has 0 radical (unpaired) electrons. The van der Waals surface area contributed by atoms with Crippen molar-refractivity contribution in [2.75, 3.05) is 38.6 Å². The molecule has 3 aromatic rings. The normalized spacial score (nSPS) is 13.4. The van der Waals surface area contributed by atoms with Crippen LogP contribution in [0, 0.1) is 6.92 Å². The number of pyridine rings is 1. The van der Waals surface area contributed by atoms with Crippen molar-refractivity contribution in [2.45, 2.75) is 24.7 Å². The lowest BCUT2D eigenvalue weighted by Gasteiger charge is -2.23. The van der Waals surface area contributed by atoms with Crippen molar-refractivity contribution in [2.24, 2.45) is 5.10 Å². The van der Waals surface area contributed by atoms with Gasteiger partial charge in [-0.1, -0.05) is 11.6 Å². The average molecular weight is 545 g/mol. The van der Waals surface area contributed by atoms with E-state index in [1.807, 2.05) is 25.1 Å². The van der Waals surface area contributed by atoms with Crippen LogP contribution in [0.5, 0.6) is 5.75 Å². The monoisotopic (exact) mass is 544 g/mol. The van der Waals surface area contributed by atoms with Crippen molar-refractivity contribution in [3.8, 4) is 5.75 Å². The summed E-state index contributed by atoms with van der Waals surface area (Å²) < 4.78 is 33.5. The van der Waals surface area contributed by atoms with Crippen LogP contribution in [-0.4, -0.2) is 62.7 Å². The molecule has 0 aliphatic carbocycles. The highest BCUT2D eigenvalue weighted by Crippen LogP contribution is 2.26. The Morgan fingerprint density at radius 3 is 2.65 bits per heavy atom. The Labute approximate surface area is 221 Å². The minimum Gasteiger partial charge on any atom is -0.497 e. The number of aromatic nitrogens is 1. The number of amidine groups is 1. The fraction of sp³-hybridized carbons (Fsp3) is 0.320. The third-order valence-corrected chi connectivity index (χ3v) is 7.98. The van der Waals surface area contributed by atoms with Crippen molar-refractivity contribution >= 4 is 50.0 Å². The first-order valence-electron chi connectivity index (χ1n) is 11.8. The number of rotatable bonds is 10. The number of fused-ring (bicyclic) bond motifs is 1. The quantitative estimate of drug-likeness (QED) is 0.358. The van der Waals surface area contributed by atoms with E-state index in [2.05, 4.69) is 26.1 Å². The van der Waals surface area contributed by atoms with Crippen LogP contribution in [0.3, 0.4) is 0 Å². The molecule has 196 valence electrons. The van der Waals surface area contributed by atoms with E-state index in [0.717, 1.165) is 22.3 Å². The van der Waals surface area contributed by atoms with Crippen LogP contribution in [0.4, 0.5) is 5.69 Å². The Bertz CT molecular complexity index is 1410. The van der Waals surface area contributed by atoms with Gasteiger partial charge in [-0.2, -0.15) is 9.41 Å². The van der Waals surface area contributed by atoms with Gasteiger partial charge in [-0.05, 0) is 55.5 Å². The number of halogens is 1. The predicted octanol–water partition coefficient (Wildman–Crippen LogP) is 3.12. The lowest BCUT2D eigenvalue weighted by atomic mass is 10.1. The summed E-state index contributed by atoms with van der Waals surface area (Å²) in [6.45, 7) is 2.99. The molecule has 0 saturated carbocycles. The molecule has 1 amide bonds. The van der Waals surface area contributed by atoms with Crippen LogP contribution in [0.1, 0.15) is 18.5 Å². The topological polar surface area (TPSA) is 125 Å². The van der Waals surface area contributed by atoms with Gasteiger partial charge < -0.3 is 20.8 Å². The number of hydrogen-bond acceptors (Lipinski definition) is 8. The number of nitrogens with one attached hydrogen (secondary N) is 3. The third-order valence-electron chi connectivity index (χ3n) is 5.83. The summed E-state index contributed by atoms with van der Waals surface area (Å²) in [7, 11) is -2.36. The second-order valence-electron chi connectivity index (χ2n) is 8.49. The minimum atomic E-state index is -3.88. The van der Waals surface area contributed by atoms with Crippen LogP contribution >= 0.6 is 11.6 Å². The summed E-state index contributed by atoms with van der Waals surface area (Å²) in [6.07, 6.45) is 0.605. The minimum absolute atomic E-state index is 0.00450. The third kappa shape index (κ3) is 6.68. The molecule has 1 aromatic heterocycles. The molecular weight excluding hydrogens is 516 g/mol. The molecule has 0 spiro atoms. The van der Waals surface area contributed by atoms with Crippen molar-refractivity contribution in [3.63, 3.8) is 0 Å². The molecule has 1 aliphatic rings. The molecule has 12 heteroatoms. The summed E-state index contributed by atoms with van der Waals surface area (Å²) in [6, 6.07) is 13.5. The van der Waals surface area contributed by atoms with Crippen LogP contribution in [0.25, 0.3) is 10.9 Å². The van der Waals surface area contributed by atoms with Crippen molar-refractivity contribution in [1.82, 2.24) is 20.0 Å². The van der Waals surface area contributed by atoms with E-state index in [4.69, 9.17) is 16.3 Å². The Kier molecular flexibility index (Phi) is 8.47. The summed E-state index contributed by atoms with van der Waals surface area (Å²) in [5.74, 6) is 0.807. The molecule has 0 saturated heterocycles. The molecule has 2 aromatic carbocycles. The van der Waals surface area contributed by atoms with E-state index >= 15 is 0 Å². The number of ether oxygens (including phenoxy) is 1. The van der Waals surface area contributed by atoms with E-state index in [0.29, 0.717) is 36.1 Å². The van der Waals surface area contributed by atoms with Crippen molar-refractivity contribution in [3.05, 3.63) is 59.2 Å². The van der Waals surface area contributed by atoms with Gasteiger partial charge in [0.1, 0.15) is 11.6 Å². The maximum atomic E-state index is 13.5. The van der Waals surface area contributed by atoms with E-state index in [1.54, 1.807) is 18.2 Å². The summed E-state index contributed by atoms with van der Waals surface area (Å²) in [5.41, 5.74) is 5.21. The van der Waals surface area contributed by atoms with E-state index in [9.17, 15) is 13.2 Å².